The fraction of sp³-hybridized carbons (Fsp3) is 0.276. The predicted octanol–water partition coefficient (Wildman–Crippen LogP) is 7.67. The Morgan fingerprint density at radius 1 is 1.00 bits per heavy atom. The average Bonchev–Trinajstić information content (AvgIpc) is 3.47. The molecule has 4 aromatic rings. The molecule has 1 N–H and O–H groups in total. The number of alkyl halides is 3. The molecule has 0 bridgehead atoms. The van der Waals surface area contributed by atoms with Crippen molar-refractivity contribution in [3.63, 3.8) is 0 Å². The van der Waals surface area contributed by atoms with Gasteiger partial charge in [-0.3, -0.25) is 9.69 Å². The van der Waals surface area contributed by atoms with Crippen molar-refractivity contribution >= 4 is 38.7 Å². The number of carboxylic acids is 1. The number of nitrogens with zero attached hydrogens (tertiary/aromatic N) is 1. The third-order valence-corrected chi connectivity index (χ3v) is 9.68. The summed E-state index contributed by atoms with van der Waals surface area (Å²) in [5, 5.41) is 9.38. The summed E-state index contributed by atoms with van der Waals surface area (Å²) < 4.78 is 69.5. The van der Waals surface area contributed by atoms with Crippen molar-refractivity contribution in [3.05, 3.63) is 98.3 Å². The lowest BCUT2D eigenvalue weighted by atomic mass is 9.99. The second-order valence-corrected chi connectivity index (χ2v) is 13.4. The Balaban J connectivity index is 1.66. The number of aryl methyl sites for hydroxylation is 3. The number of sulfone groups is 1. The molecule has 6 nitrogen and oxygen atoms in total. The molecule has 0 fully saturated rings. The molecule has 12 heteroatoms. The number of halogens is 4. The van der Waals surface area contributed by atoms with Crippen LogP contribution in [-0.4, -0.2) is 30.1 Å². The van der Waals surface area contributed by atoms with Gasteiger partial charge < -0.3 is 9.52 Å². The highest BCUT2D eigenvalue weighted by Crippen LogP contribution is 2.37. The third kappa shape index (κ3) is 7.59. The summed E-state index contributed by atoms with van der Waals surface area (Å²) >= 11 is 7.93. The number of hydrogen-bond donors (Lipinski definition) is 1. The highest BCUT2D eigenvalue weighted by molar-refractivity contribution is 7.92. The summed E-state index contributed by atoms with van der Waals surface area (Å²) in [5.41, 5.74) is 4.81. The van der Waals surface area contributed by atoms with Gasteiger partial charge in [0.25, 0.3) is 0 Å². The molecule has 2 aromatic carbocycles. The van der Waals surface area contributed by atoms with Crippen LogP contribution in [0.5, 0.6) is 0 Å². The number of benzene rings is 2. The Labute approximate surface area is 244 Å². The summed E-state index contributed by atoms with van der Waals surface area (Å²) in [6, 6.07) is 14.0. The van der Waals surface area contributed by atoms with Gasteiger partial charge in [0.2, 0.25) is 5.76 Å². The third-order valence-electron chi connectivity index (χ3n) is 6.46. The van der Waals surface area contributed by atoms with E-state index in [1.165, 1.54) is 35.6 Å². The minimum Gasteiger partial charge on any atom is -0.480 e. The molecule has 0 atom stereocenters. The number of hydrogen-bond acceptors (Lipinski definition) is 6. The van der Waals surface area contributed by atoms with Crippen molar-refractivity contribution in [2.24, 2.45) is 0 Å². The van der Waals surface area contributed by atoms with Gasteiger partial charge in [-0.25, -0.2) is 8.42 Å². The fourth-order valence-electron chi connectivity index (χ4n) is 4.63. The van der Waals surface area contributed by atoms with Gasteiger partial charge in [0.1, 0.15) is 5.76 Å². The van der Waals surface area contributed by atoms with Crippen molar-refractivity contribution in [3.8, 4) is 10.4 Å². The first-order chi connectivity index (χ1) is 19.1. The number of thiophene rings is 1. The zero-order valence-electron chi connectivity index (χ0n) is 22.4. The Hall–Kier alpha value is -3.12. The largest absolute Gasteiger partial charge is 0.480 e. The maximum absolute atomic E-state index is 13.2. The smallest absolute Gasteiger partial charge is 0.449 e. The monoisotopic (exact) mass is 625 g/mol. The van der Waals surface area contributed by atoms with E-state index in [-0.39, 0.29) is 23.7 Å². The van der Waals surface area contributed by atoms with Gasteiger partial charge in [0.05, 0.1) is 16.5 Å². The van der Waals surface area contributed by atoms with Gasteiger partial charge in [-0.05, 0) is 73.4 Å². The predicted molar refractivity (Wildman–Crippen MR) is 152 cm³/mol. The van der Waals surface area contributed by atoms with E-state index >= 15 is 0 Å². The molecule has 0 radical (unpaired) electrons. The van der Waals surface area contributed by atoms with Crippen LogP contribution in [0.3, 0.4) is 0 Å². The van der Waals surface area contributed by atoms with Crippen molar-refractivity contribution in [1.29, 1.82) is 0 Å². The molecule has 218 valence electrons. The summed E-state index contributed by atoms with van der Waals surface area (Å²) in [5.74, 6) is -3.38. The van der Waals surface area contributed by atoms with E-state index in [0.29, 0.717) is 22.0 Å². The normalized spacial score (nSPS) is 12.3. The highest BCUT2D eigenvalue weighted by atomic mass is 35.5. The lowest BCUT2D eigenvalue weighted by Gasteiger charge is -2.23. The second kappa shape index (κ2) is 12.0. The van der Waals surface area contributed by atoms with Crippen LogP contribution in [0.1, 0.15) is 38.7 Å². The van der Waals surface area contributed by atoms with E-state index in [1.54, 1.807) is 12.1 Å². The van der Waals surface area contributed by atoms with Gasteiger partial charge in [0, 0.05) is 22.8 Å². The first-order valence-electron chi connectivity index (χ1n) is 12.4. The maximum Gasteiger partial charge on any atom is 0.449 e. The number of aliphatic carboxylic acids is 1. The molecular weight excluding hydrogens is 599 g/mol. The average molecular weight is 626 g/mol. The molecule has 0 aliphatic heterocycles. The minimum absolute atomic E-state index is 0.0926. The molecule has 0 aliphatic rings. The van der Waals surface area contributed by atoms with Crippen LogP contribution in [0.4, 0.5) is 13.2 Å². The molecule has 0 saturated carbocycles. The SMILES string of the molecule is Cc1cc(C)c(CN(Cc2ccc(C(F)(F)F)o2)Cc2sc(-c3cccc(S(=O)(=O)CC(=O)O)c3)cc2Cl)c(C)c1. The number of furan rings is 1. The molecule has 0 aliphatic carbocycles. The van der Waals surface area contributed by atoms with Gasteiger partial charge in [-0.1, -0.05) is 41.4 Å². The van der Waals surface area contributed by atoms with E-state index in [4.69, 9.17) is 21.1 Å². The van der Waals surface area contributed by atoms with E-state index in [0.717, 1.165) is 33.2 Å². The van der Waals surface area contributed by atoms with Crippen LogP contribution in [0.15, 0.2) is 63.9 Å². The lowest BCUT2D eigenvalue weighted by Crippen LogP contribution is -2.23. The Morgan fingerprint density at radius 2 is 1.68 bits per heavy atom. The molecule has 0 saturated heterocycles. The molecule has 2 aromatic heterocycles. The van der Waals surface area contributed by atoms with Crippen LogP contribution in [0.2, 0.25) is 5.02 Å². The van der Waals surface area contributed by atoms with Crippen LogP contribution in [0, 0.1) is 20.8 Å². The Kier molecular flexibility index (Phi) is 9.03. The van der Waals surface area contributed by atoms with Crippen molar-refractivity contribution < 1.29 is 35.9 Å². The van der Waals surface area contributed by atoms with Crippen LogP contribution >= 0.6 is 22.9 Å². The van der Waals surface area contributed by atoms with E-state index < -0.39 is 33.5 Å². The molecule has 0 unspecified atom stereocenters. The number of carboxylic acid groups (broad SMARTS) is 1. The fourth-order valence-corrected chi connectivity index (χ4v) is 7.16. The standard InChI is InChI=1S/C29H27ClF3NO5S2/c1-17-9-18(2)23(19(3)10-17)14-34(13-21-7-8-27(39-21)29(31,32)33)15-26-24(30)12-25(40-26)20-5-4-6-22(11-20)41(37,38)16-28(35)36/h4-12H,13-16H2,1-3H3,(H,35,36). The van der Waals surface area contributed by atoms with Gasteiger partial charge in [-0.2, -0.15) is 13.2 Å². The van der Waals surface area contributed by atoms with Gasteiger partial charge in [-0.15, -0.1) is 11.3 Å². The number of rotatable bonds is 10. The zero-order chi connectivity index (χ0) is 30.1. The molecule has 4 rings (SSSR count). The first kappa shape index (κ1) is 30.8. The van der Waals surface area contributed by atoms with Crippen LogP contribution in [-0.2, 0) is 40.4 Å². The molecule has 0 amide bonds. The van der Waals surface area contributed by atoms with Crippen molar-refractivity contribution in [2.45, 2.75) is 51.5 Å². The second-order valence-electron chi connectivity index (χ2n) is 9.85. The lowest BCUT2D eigenvalue weighted by molar-refractivity contribution is -0.153. The zero-order valence-corrected chi connectivity index (χ0v) is 24.8. The van der Waals surface area contributed by atoms with E-state index in [9.17, 15) is 26.4 Å². The van der Waals surface area contributed by atoms with Gasteiger partial charge in [0.15, 0.2) is 15.6 Å². The highest BCUT2D eigenvalue weighted by Gasteiger charge is 2.35. The van der Waals surface area contributed by atoms with E-state index in [1.807, 2.05) is 25.7 Å². The summed E-state index contributed by atoms with van der Waals surface area (Å²) in [6.45, 7) is 6.78. The summed E-state index contributed by atoms with van der Waals surface area (Å²) in [6.07, 6.45) is -4.59. The minimum atomic E-state index is -4.59. The molecule has 0 spiro atoms. The van der Waals surface area contributed by atoms with Crippen LogP contribution in [0.25, 0.3) is 10.4 Å². The van der Waals surface area contributed by atoms with Gasteiger partial charge >= 0.3 is 12.1 Å². The topological polar surface area (TPSA) is 87.8 Å². The Morgan fingerprint density at radius 3 is 2.29 bits per heavy atom. The van der Waals surface area contributed by atoms with Crippen LogP contribution < -0.4 is 0 Å². The summed E-state index contributed by atoms with van der Waals surface area (Å²) in [7, 11) is -4.03. The first-order valence-corrected chi connectivity index (χ1v) is 15.3. The summed E-state index contributed by atoms with van der Waals surface area (Å²) in [4.78, 5) is 14.2. The van der Waals surface area contributed by atoms with E-state index in [2.05, 4.69) is 12.1 Å². The quantitative estimate of drug-likeness (QED) is 0.195. The Bertz CT molecular complexity index is 1670. The molecule has 2 heterocycles. The maximum atomic E-state index is 13.2. The van der Waals surface area contributed by atoms with Crippen molar-refractivity contribution in [1.82, 2.24) is 4.90 Å². The molecular formula is C29H27ClF3NO5S2. The van der Waals surface area contributed by atoms with Crippen molar-refractivity contribution in [2.75, 3.05) is 5.75 Å². The number of carbonyl (C=O) groups is 1. The molecule has 41 heavy (non-hydrogen) atoms.